The van der Waals surface area contributed by atoms with E-state index in [1.807, 2.05) is 6.92 Å². The van der Waals surface area contributed by atoms with Crippen molar-refractivity contribution in [1.82, 2.24) is 9.62 Å². The van der Waals surface area contributed by atoms with Crippen molar-refractivity contribution in [2.45, 2.75) is 56.5 Å². The highest BCUT2D eigenvalue weighted by Gasteiger charge is 2.36. The Morgan fingerprint density at radius 3 is 2.50 bits per heavy atom. The highest BCUT2D eigenvalue weighted by Crippen LogP contribution is 2.23. The number of rotatable bonds is 5. The van der Waals surface area contributed by atoms with Crippen LogP contribution in [0, 0.1) is 11.7 Å². The summed E-state index contributed by atoms with van der Waals surface area (Å²) in [5, 5.41) is 3.20. The molecule has 2 fully saturated rings. The molecule has 1 saturated carbocycles. The Morgan fingerprint density at radius 2 is 1.86 bits per heavy atom. The number of nitrogens with zero attached hydrogens (tertiary/aromatic N) is 1. The first-order valence-corrected chi connectivity index (χ1v) is 11.6. The topological polar surface area (TPSA) is 70.9 Å². The summed E-state index contributed by atoms with van der Waals surface area (Å²) in [6.07, 6.45) is 4.57. The zero-order chi connectivity index (χ0) is 20.3. The van der Waals surface area contributed by atoms with Gasteiger partial charge in [-0.2, -0.15) is 4.31 Å². The van der Waals surface area contributed by atoms with Gasteiger partial charge < -0.3 is 10.2 Å². The fraction of sp³-hybridized carbons (Fsp3) is 0.650. The third kappa shape index (κ3) is 4.55. The van der Waals surface area contributed by atoms with E-state index in [2.05, 4.69) is 12.2 Å². The number of amides is 1. The molecule has 2 N–H and O–H groups in total. The summed E-state index contributed by atoms with van der Waals surface area (Å²) in [5.74, 6) is -0.187. The van der Waals surface area contributed by atoms with Gasteiger partial charge in [-0.05, 0) is 37.8 Å². The van der Waals surface area contributed by atoms with E-state index in [4.69, 9.17) is 0 Å². The summed E-state index contributed by atoms with van der Waals surface area (Å²) >= 11 is 0. The van der Waals surface area contributed by atoms with Crippen LogP contribution < -0.4 is 10.2 Å². The summed E-state index contributed by atoms with van der Waals surface area (Å²) in [6, 6.07) is 5.47. The Hall–Kier alpha value is -1.51. The standard InChI is InChI=1S/C20H30FN3O3S/c1-15-7-3-5-9-18(15)22-20(25)16(2)23-11-13-24(14-12-23)28(26,27)19-10-6-4-8-17(19)21/h4,6,8,10,15-16,18H,3,5,7,9,11-14H2,1-2H3,(H,22,25)/p+1/t15-,16-,18-/m1/s1. The van der Waals surface area contributed by atoms with Gasteiger partial charge in [0.2, 0.25) is 10.0 Å². The lowest BCUT2D eigenvalue weighted by Crippen LogP contribution is -3.19. The van der Waals surface area contributed by atoms with Gasteiger partial charge in [0.1, 0.15) is 10.7 Å². The first-order chi connectivity index (χ1) is 13.3. The van der Waals surface area contributed by atoms with E-state index in [1.165, 1.54) is 28.9 Å². The van der Waals surface area contributed by atoms with E-state index >= 15 is 0 Å². The molecule has 1 aromatic rings. The third-order valence-electron chi connectivity index (χ3n) is 6.26. The number of carbonyl (C=O) groups excluding carboxylic acids is 1. The highest BCUT2D eigenvalue weighted by molar-refractivity contribution is 7.89. The van der Waals surface area contributed by atoms with Crippen molar-refractivity contribution >= 4 is 15.9 Å². The van der Waals surface area contributed by atoms with Gasteiger partial charge in [0, 0.05) is 6.04 Å². The molecule has 8 heteroatoms. The first kappa shape index (κ1) is 21.2. The van der Waals surface area contributed by atoms with E-state index in [0.717, 1.165) is 30.2 Å². The second-order valence-electron chi connectivity index (χ2n) is 8.09. The average molecular weight is 413 g/mol. The second-order valence-corrected chi connectivity index (χ2v) is 10.00. The van der Waals surface area contributed by atoms with Gasteiger partial charge in [0.15, 0.2) is 6.04 Å². The van der Waals surface area contributed by atoms with Crippen LogP contribution in [-0.2, 0) is 14.8 Å². The minimum atomic E-state index is -3.85. The summed E-state index contributed by atoms with van der Waals surface area (Å²) in [4.78, 5) is 13.5. The molecule has 1 amide bonds. The van der Waals surface area contributed by atoms with Crippen molar-refractivity contribution in [3.05, 3.63) is 30.1 Å². The minimum Gasteiger partial charge on any atom is -0.348 e. The van der Waals surface area contributed by atoms with Gasteiger partial charge in [-0.1, -0.05) is 31.9 Å². The molecule has 2 aliphatic rings. The molecule has 1 aliphatic heterocycles. The molecule has 0 spiro atoms. The Labute approximate surface area is 167 Å². The Balaban J connectivity index is 1.57. The molecule has 6 nitrogen and oxygen atoms in total. The van der Waals surface area contributed by atoms with Crippen LogP contribution in [0.2, 0.25) is 0 Å². The molecule has 1 heterocycles. The molecule has 3 atom stereocenters. The minimum absolute atomic E-state index is 0.0409. The van der Waals surface area contributed by atoms with Crippen molar-refractivity contribution in [1.29, 1.82) is 0 Å². The first-order valence-electron chi connectivity index (χ1n) is 10.2. The molecule has 0 radical (unpaired) electrons. The van der Waals surface area contributed by atoms with Crippen LogP contribution in [0.1, 0.15) is 39.5 Å². The molecule has 0 unspecified atom stereocenters. The van der Waals surface area contributed by atoms with E-state index < -0.39 is 15.8 Å². The van der Waals surface area contributed by atoms with Gasteiger partial charge in [0.05, 0.1) is 26.2 Å². The molecule has 3 rings (SSSR count). The summed E-state index contributed by atoms with van der Waals surface area (Å²) in [7, 11) is -3.85. The number of piperazine rings is 1. The Bertz CT molecular complexity index is 794. The molecule has 1 aromatic carbocycles. The summed E-state index contributed by atoms with van der Waals surface area (Å²) in [6.45, 7) is 5.71. The number of nitrogens with one attached hydrogen (secondary N) is 2. The lowest BCUT2D eigenvalue weighted by molar-refractivity contribution is -0.917. The van der Waals surface area contributed by atoms with Crippen molar-refractivity contribution in [3.8, 4) is 0 Å². The SMILES string of the molecule is C[C@@H]1CCCC[C@H]1NC(=O)[C@@H](C)[NH+]1CCN(S(=O)(=O)c2ccccc2F)CC1. The predicted molar refractivity (Wildman–Crippen MR) is 105 cm³/mol. The van der Waals surface area contributed by atoms with Crippen LogP contribution in [0.3, 0.4) is 0 Å². The molecule has 1 saturated heterocycles. The van der Waals surface area contributed by atoms with Crippen molar-refractivity contribution in [3.63, 3.8) is 0 Å². The molecule has 28 heavy (non-hydrogen) atoms. The normalized spacial score (nSPS) is 26.0. The van der Waals surface area contributed by atoms with Crippen LogP contribution in [0.5, 0.6) is 0 Å². The summed E-state index contributed by atoms with van der Waals surface area (Å²) < 4.78 is 40.7. The van der Waals surface area contributed by atoms with E-state index in [1.54, 1.807) is 0 Å². The number of hydrogen-bond donors (Lipinski definition) is 2. The van der Waals surface area contributed by atoms with E-state index in [0.29, 0.717) is 19.0 Å². The number of carbonyl (C=O) groups is 1. The lowest BCUT2D eigenvalue weighted by atomic mass is 9.86. The monoisotopic (exact) mass is 412 g/mol. The third-order valence-corrected chi connectivity index (χ3v) is 8.20. The van der Waals surface area contributed by atoms with Crippen molar-refractivity contribution in [2.75, 3.05) is 26.2 Å². The number of quaternary nitrogens is 1. The van der Waals surface area contributed by atoms with Crippen LogP contribution in [-0.4, -0.2) is 56.9 Å². The van der Waals surface area contributed by atoms with Gasteiger partial charge >= 0.3 is 0 Å². The van der Waals surface area contributed by atoms with Crippen LogP contribution >= 0.6 is 0 Å². The van der Waals surface area contributed by atoms with Crippen LogP contribution in [0.15, 0.2) is 29.2 Å². The number of benzene rings is 1. The maximum atomic E-state index is 13.9. The fourth-order valence-corrected chi connectivity index (χ4v) is 5.77. The van der Waals surface area contributed by atoms with Crippen molar-refractivity contribution < 1.29 is 22.5 Å². The zero-order valence-electron chi connectivity index (χ0n) is 16.7. The Kier molecular flexibility index (Phi) is 6.73. The Morgan fingerprint density at radius 1 is 1.21 bits per heavy atom. The van der Waals surface area contributed by atoms with Gasteiger partial charge in [-0.25, -0.2) is 12.8 Å². The number of sulfonamides is 1. The predicted octanol–water partition coefficient (Wildman–Crippen LogP) is 0.798. The second kappa shape index (κ2) is 8.88. The van der Waals surface area contributed by atoms with E-state index in [9.17, 15) is 17.6 Å². The number of hydrogen-bond acceptors (Lipinski definition) is 3. The lowest BCUT2D eigenvalue weighted by Gasteiger charge is -2.35. The largest absolute Gasteiger partial charge is 0.348 e. The molecule has 0 aromatic heterocycles. The van der Waals surface area contributed by atoms with Crippen molar-refractivity contribution in [2.24, 2.45) is 5.92 Å². The highest BCUT2D eigenvalue weighted by atomic mass is 32.2. The number of halogens is 1. The zero-order valence-corrected chi connectivity index (χ0v) is 17.5. The molecular formula is C20H31FN3O3S+. The van der Waals surface area contributed by atoms with Gasteiger partial charge in [-0.3, -0.25) is 4.79 Å². The average Bonchev–Trinajstić information content (AvgIpc) is 2.69. The van der Waals surface area contributed by atoms with Gasteiger partial charge in [0.25, 0.3) is 5.91 Å². The maximum absolute atomic E-state index is 13.9. The quantitative estimate of drug-likeness (QED) is 0.752. The van der Waals surface area contributed by atoms with Crippen LogP contribution in [0.25, 0.3) is 0 Å². The molecular weight excluding hydrogens is 381 g/mol. The fourth-order valence-electron chi connectivity index (χ4n) is 4.26. The summed E-state index contributed by atoms with van der Waals surface area (Å²) in [5.41, 5.74) is 0. The smallest absolute Gasteiger partial charge is 0.278 e. The van der Waals surface area contributed by atoms with Crippen LogP contribution in [0.4, 0.5) is 4.39 Å². The maximum Gasteiger partial charge on any atom is 0.278 e. The molecule has 156 valence electrons. The molecule has 1 aliphatic carbocycles. The van der Waals surface area contributed by atoms with Gasteiger partial charge in [-0.15, -0.1) is 0 Å². The van der Waals surface area contributed by atoms with E-state index in [-0.39, 0.29) is 36.0 Å². The molecule has 0 bridgehead atoms.